The summed E-state index contributed by atoms with van der Waals surface area (Å²) in [7, 11) is 0. The van der Waals surface area contributed by atoms with Crippen molar-refractivity contribution < 1.29 is 14.7 Å². The number of carboxylic acids is 1. The van der Waals surface area contributed by atoms with Crippen LogP contribution in [0.15, 0.2) is 0 Å². The summed E-state index contributed by atoms with van der Waals surface area (Å²) in [6, 6.07) is 0.411. The van der Waals surface area contributed by atoms with Gasteiger partial charge in [-0.3, -0.25) is 9.59 Å². The van der Waals surface area contributed by atoms with Crippen molar-refractivity contribution in [1.82, 2.24) is 4.90 Å². The topological polar surface area (TPSA) is 57.6 Å². The molecule has 0 radical (unpaired) electrons. The third kappa shape index (κ3) is 1.87. The highest BCUT2D eigenvalue weighted by Crippen LogP contribution is 2.48. The Balaban J connectivity index is 1.53. The third-order valence-electron chi connectivity index (χ3n) is 6.30. The first-order valence-corrected chi connectivity index (χ1v) is 8.15. The van der Waals surface area contributed by atoms with Crippen molar-refractivity contribution >= 4 is 11.9 Å². The molecule has 4 atom stereocenters. The van der Waals surface area contributed by atoms with Crippen LogP contribution in [0.25, 0.3) is 0 Å². The van der Waals surface area contributed by atoms with E-state index in [1.807, 2.05) is 0 Å². The van der Waals surface area contributed by atoms with E-state index >= 15 is 0 Å². The second-order valence-electron chi connectivity index (χ2n) is 7.55. The number of aliphatic carboxylic acids is 1. The molecule has 20 heavy (non-hydrogen) atoms. The molecule has 4 unspecified atom stereocenters. The summed E-state index contributed by atoms with van der Waals surface area (Å²) in [6.45, 7) is 0.902. The van der Waals surface area contributed by atoms with Crippen molar-refractivity contribution in [3.8, 4) is 0 Å². The van der Waals surface area contributed by atoms with E-state index in [4.69, 9.17) is 0 Å². The largest absolute Gasteiger partial charge is 0.481 e. The Bertz CT molecular complexity index is 435. The molecule has 2 aliphatic heterocycles. The maximum absolute atomic E-state index is 12.8. The average molecular weight is 277 g/mol. The number of hydrogen-bond donors (Lipinski definition) is 1. The van der Waals surface area contributed by atoms with Gasteiger partial charge in [-0.25, -0.2) is 0 Å². The van der Waals surface area contributed by atoms with Crippen molar-refractivity contribution in [2.75, 3.05) is 6.54 Å². The van der Waals surface area contributed by atoms with Crippen molar-refractivity contribution in [2.45, 2.75) is 51.0 Å². The van der Waals surface area contributed by atoms with Crippen molar-refractivity contribution in [1.29, 1.82) is 0 Å². The van der Waals surface area contributed by atoms with E-state index in [2.05, 4.69) is 4.90 Å². The first-order chi connectivity index (χ1) is 9.61. The first-order valence-electron chi connectivity index (χ1n) is 8.15. The molecule has 2 heterocycles. The minimum absolute atomic E-state index is 0.154. The van der Waals surface area contributed by atoms with Gasteiger partial charge in [0.25, 0.3) is 0 Å². The summed E-state index contributed by atoms with van der Waals surface area (Å²) in [5.41, 5.74) is 0. The minimum Gasteiger partial charge on any atom is -0.481 e. The molecule has 0 aromatic rings. The smallest absolute Gasteiger partial charge is 0.307 e. The first kappa shape index (κ1) is 12.7. The third-order valence-corrected chi connectivity index (χ3v) is 6.30. The Morgan fingerprint density at radius 1 is 0.850 bits per heavy atom. The van der Waals surface area contributed by atoms with Crippen molar-refractivity contribution in [3.63, 3.8) is 0 Å². The average Bonchev–Trinajstić information content (AvgIpc) is 2.51. The van der Waals surface area contributed by atoms with E-state index < -0.39 is 11.9 Å². The van der Waals surface area contributed by atoms with Gasteiger partial charge in [0.1, 0.15) is 0 Å². The highest BCUT2D eigenvalue weighted by molar-refractivity contribution is 5.86. The fraction of sp³-hybridized carbons (Fsp3) is 0.875. The quantitative estimate of drug-likeness (QED) is 0.841. The van der Waals surface area contributed by atoms with E-state index in [0.29, 0.717) is 18.4 Å². The predicted molar refractivity (Wildman–Crippen MR) is 72.9 cm³/mol. The van der Waals surface area contributed by atoms with Crippen LogP contribution in [0.1, 0.15) is 44.9 Å². The van der Waals surface area contributed by atoms with E-state index in [0.717, 1.165) is 24.8 Å². The standard InChI is InChI=1S/C16H23NO3/c18-15(13-1-2-14(13)16(19)20)17-8-11-4-9-3-10(5-11)7-12(17)6-9/h9-14H,1-8H2,(H,19,20). The number of hydrogen-bond acceptors (Lipinski definition) is 2. The highest BCUT2D eigenvalue weighted by Gasteiger charge is 2.48. The Morgan fingerprint density at radius 2 is 1.45 bits per heavy atom. The number of carboxylic acid groups (broad SMARTS) is 1. The molecule has 1 amide bonds. The lowest BCUT2D eigenvalue weighted by Crippen LogP contribution is -2.50. The van der Waals surface area contributed by atoms with Gasteiger partial charge >= 0.3 is 5.97 Å². The molecule has 5 aliphatic rings. The normalized spacial score (nSPS) is 45.9. The summed E-state index contributed by atoms with van der Waals surface area (Å²) >= 11 is 0. The van der Waals surface area contributed by atoms with Gasteiger partial charge in [-0.05, 0) is 62.7 Å². The van der Waals surface area contributed by atoms with Gasteiger partial charge in [0.15, 0.2) is 0 Å². The van der Waals surface area contributed by atoms with Gasteiger partial charge in [-0.15, -0.1) is 0 Å². The van der Waals surface area contributed by atoms with Crippen LogP contribution in [-0.4, -0.2) is 34.5 Å². The van der Waals surface area contributed by atoms with E-state index in [1.54, 1.807) is 0 Å². The Kier molecular flexibility index (Phi) is 2.83. The van der Waals surface area contributed by atoms with Crippen LogP contribution in [0.5, 0.6) is 0 Å². The van der Waals surface area contributed by atoms with Crippen LogP contribution in [0.3, 0.4) is 0 Å². The zero-order chi connectivity index (χ0) is 13.9. The fourth-order valence-corrected chi connectivity index (χ4v) is 5.36. The second kappa shape index (κ2) is 4.47. The molecule has 4 heteroatoms. The Morgan fingerprint density at radius 3 is 2.00 bits per heavy atom. The molecule has 110 valence electrons. The predicted octanol–water partition coefficient (Wildman–Crippen LogP) is 2.13. The zero-order valence-corrected chi connectivity index (χ0v) is 11.8. The number of carbonyl (C=O) groups is 2. The SMILES string of the molecule is O=C(O)C1CCC1C(=O)N1CC2CC3CC(C2)CC1C3. The zero-order valence-electron chi connectivity index (χ0n) is 11.8. The molecule has 5 rings (SSSR count). The Labute approximate surface area is 119 Å². The lowest BCUT2D eigenvalue weighted by Gasteiger charge is -2.41. The molecule has 4 bridgehead atoms. The number of fused-ring (bicyclic) bond motifs is 1. The summed E-state index contributed by atoms with van der Waals surface area (Å²) in [4.78, 5) is 26.0. The number of rotatable bonds is 2. The summed E-state index contributed by atoms with van der Waals surface area (Å²) in [6.07, 6.45) is 7.76. The van der Waals surface area contributed by atoms with Gasteiger partial charge in [0, 0.05) is 12.6 Å². The minimum atomic E-state index is -0.782. The summed E-state index contributed by atoms with van der Waals surface area (Å²) in [5.74, 6) is 1.05. The number of carbonyl (C=O) groups excluding carboxylic acids is 1. The Hall–Kier alpha value is -1.06. The van der Waals surface area contributed by atoms with Crippen LogP contribution < -0.4 is 0 Å². The van der Waals surface area contributed by atoms with Gasteiger partial charge < -0.3 is 10.0 Å². The molecule has 5 fully saturated rings. The molecule has 4 nitrogen and oxygen atoms in total. The van der Waals surface area contributed by atoms with E-state index in [9.17, 15) is 14.7 Å². The molecule has 2 saturated heterocycles. The van der Waals surface area contributed by atoms with Crippen LogP contribution in [-0.2, 0) is 9.59 Å². The summed E-state index contributed by atoms with van der Waals surface area (Å²) < 4.78 is 0. The van der Waals surface area contributed by atoms with E-state index in [1.165, 1.54) is 32.1 Å². The van der Waals surface area contributed by atoms with Gasteiger partial charge in [0.2, 0.25) is 5.91 Å². The van der Waals surface area contributed by atoms with Gasteiger partial charge in [-0.1, -0.05) is 0 Å². The van der Waals surface area contributed by atoms with Crippen molar-refractivity contribution in [3.05, 3.63) is 0 Å². The van der Waals surface area contributed by atoms with Crippen LogP contribution in [0.4, 0.5) is 0 Å². The number of nitrogens with zero attached hydrogens (tertiary/aromatic N) is 1. The lowest BCUT2D eigenvalue weighted by molar-refractivity contribution is -0.158. The van der Waals surface area contributed by atoms with Gasteiger partial charge in [0.05, 0.1) is 11.8 Å². The van der Waals surface area contributed by atoms with Gasteiger partial charge in [-0.2, -0.15) is 0 Å². The second-order valence-corrected chi connectivity index (χ2v) is 7.55. The van der Waals surface area contributed by atoms with Crippen LogP contribution >= 0.6 is 0 Å². The van der Waals surface area contributed by atoms with E-state index in [-0.39, 0.29) is 11.8 Å². The molecule has 0 aromatic carbocycles. The van der Waals surface area contributed by atoms with Crippen LogP contribution in [0, 0.1) is 29.6 Å². The highest BCUT2D eigenvalue weighted by atomic mass is 16.4. The molecule has 0 spiro atoms. The van der Waals surface area contributed by atoms with Crippen molar-refractivity contribution in [2.24, 2.45) is 29.6 Å². The maximum atomic E-state index is 12.8. The molecule has 3 saturated carbocycles. The molecule has 0 aromatic heterocycles. The molecule has 3 aliphatic carbocycles. The molecular formula is C16H23NO3. The fourth-order valence-electron chi connectivity index (χ4n) is 5.36. The molecular weight excluding hydrogens is 254 g/mol. The van der Waals surface area contributed by atoms with Crippen LogP contribution in [0.2, 0.25) is 0 Å². The lowest BCUT2D eigenvalue weighted by atomic mass is 9.68. The number of amides is 1. The maximum Gasteiger partial charge on any atom is 0.307 e. The summed E-state index contributed by atoms with van der Waals surface area (Å²) in [5, 5.41) is 9.17. The molecule has 1 N–H and O–H groups in total. The monoisotopic (exact) mass is 277 g/mol.